The number of hydrogen-bond donors (Lipinski definition) is 1. The molecule has 0 aromatic rings. The number of ether oxygens (including phenoxy) is 2. The zero-order valence-electron chi connectivity index (χ0n) is 12.6. The lowest BCUT2D eigenvalue weighted by molar-refractivity contribution is -0.00479. The van der Waals surface area contributed by atoms with Crippen LogP contribution < -0.4 is 5.32 Å². The number of rotatable bonds is 11. The zero-order valence-corrected chi connectivity index (χ0v) is 12.6. The van der Waals surface area contributed by atoms with E-state index < -0.39 is 0 Å². The van der Waals surface area contributed by atoms with E-state index in [1.54, 1.807) is 0 Å². The highest BCUT2D eigenvalue weighted by Crippen LogP contribution is 2.24. The van der Waals surface area contributed by atoms with Crippen LogP contribution in [0.4, 0.5) is 0 Å². The Morgan fingerprint density at radius 3 is 2.74 bits per heavy atom. The first-order valence-corrected chi connectivity index (χ1v) is 7.48. The summed E-state index contributed by atoms with van der Waals surface area (Å²) in [4.78, 5) is 0. The van der Waals surface area contributed by atoms with E-state index in [0.717, 1.165) is 32.5 Å². The molecule has 0 amide bonds. The molecule has 2 atom stereocenters. The fraction of sp³-hybridized carbons (Fsp3) is 0.933. The lowest BCUT2D eigenvalue weighted by atomic mass is 9.96. The van der Waals surface area contributed by atoms with Gasteiger partial charge in [-0.05, 0) is 52.9 Å². The summed E-state index contributed by atoms with van der Waals surface area (Å²) in [5, 5.41) is 12.7. The first kappa shape index (κ1) is 16.4. The maximum absolute atomic E-state index is 9.24. The second-order valence-corrected chi connectivity index (χ2v) is 5.66. The Labute approximate surface area is 117 Å². The second kappa shape index (κ2) is 8.52. The van der Waals surface area contributed by atoms with Gasteiger partial charge in [-0.25, -0.2) is 0 Å². The fourth-order valence-electron chi connectivity index (χ4n) is 2.04. The van der Waals surface area contributed by atoms with Crippen molar-refractivity contribution in [3.8, 4) is 6.07 Å². The van der Waals surface area contributed by atoms with Crippen molar-refractivity contribution < 1.29 is 9.47 Å². The molecule has 0 aliphatic heterocycles. The summed E-state index contributed by atoms with van der Waals surface area (Å²) in [5.74, 6) is 0. The van der Waals surface area contributed by atoms with Gasteiger partial charge in [0.15, 0.2) is 0 Å². The number of nitriles is 1. The van der Waals surface area contributed by atoms with Crippen LogP contribution in [0.3, 0.4) is 0 Å². The highest BCUT2D eigenvalue weighted by atomic mass is 16.5. The van der Waals surface area contributed by atoms with Crippen molar-refractivity contribution in [2.75, 3.05) is 19.8 Å². The van der Waals surface area contributed by atoms with E-state index in [1.165, 1.54) is 12.8 Å². The van der Waals surface area contributed by atoms with Crippen LogP contribution in [0.25, 0.3) is 0 Å². The smallest absolute Gasteiger partial charge is 0.104 e. The molecule has 1 aliphatic rings. The Balaban J connectivity index is 2.04. The lowest BCUT2D eigenvalue weighted by Crippen LogP contribution is -2.42. The monoisotopic (exact) mass is 268 g/mol. The van der Waals surface area contributed by atoms with Gasteiger partial charge in [-0.1, -0.05) is 0 Å². The molecule has 1 rings (SSSR count). The quantitative estimate of drug-likeness (QED) is 0.585. The van der Waals surface area contributed by atoms with Crippen LogP contribution in [0.15, 0.2) is 0 Å². The third-order valence-corrected chi connectivity index (χ3v) is 3.38. The molecule has 1 fully saturated rings. The maximum atomic E-state index is 9.24. The number of nitrogens with one attached hydrogen (secondary N) is 1. The number of hydrogen-bond acceptors (Lipinski definition) is 4. The molecule has 0 heterocycles. The number of unbranched alkanes of at least 4 members (excludes halogenated alkanes) is 1. The first-order valence-electron chi connectivity index (χ1n) is 7.48. The van der Waals surface area contributed by atoms with Crippen molar-refractivity contribution >= 4 is 0 Å². The Kier molecular flexibility index (Phi) is 7.37. The Morgan fingerprint density at radius 1 is 1.42 bits per heavy atom. The largest absolute Gasteiger partial charge is 0.379 e. The Bertz CT molecular complexity index is 286. The van der Waals surface area contributed by atoms with E-state index in [0.29, 0.717) is 12.6 Å². The van der Waals surface area contributed by atoms with E-state index in [2.05, 4.69) is 11.4 Å². The molecule has 19 heavy (non-hydrogen) atoms. The van der Waals surface area contributed by atoms with Crippen molar-refractivity contribution in [1.82, 2.24) is 5.32 Å². The second-order valence-electron chi connectivity index (χ2n) is 5.66. The minimum Gasteiger partial charge on any atom is -0.379 e. The van der Waals surface area contributed by atoms with Crippen LogP contribution in [-0.2, 0) is 9.47 Å². The highest BCUT2D eigenvalue weighted by molar-refractivity contribution is 5.06. The van der Waals surface area contributed by atoms with Crippen LogP contribution in [0, 0.1) is 11.3 Å². The van der Waals surface area contributed by atoms with Gasteiger partial charge in [0.05, 0.1) is 18.8 Å². The van der Waals surface area contributed by atoms with Gasteiger partial charge in [0.25, 0.3) is 0 Å². The molecule has 1 aliphatic carbocycles. The Hall–Kier alpha value is -0.630. The summed E-state index contributed by atoms with van der Waals surface area (Å²) in [5.41, 5.74) is -0.363. The lowest BCUT2D eigenvalue weighted by Gasteiger charge is -2.23. The van der Waals surface area contributed by atoms with Crippen molar-refractivity contribution in [3.63, 3.8) is 0 Å². The van der Waals surface area contributed by atoms with Crippen LogP contribution in [-0.4, -0.2) is 37.5 Å². The normalized spacial score (nSPS) is 19.7. The summed E-state index contributed by atoms with van der Waals surface area (Å²) >= 11 is 0. The van der Waals surface area contributed by atoms with Crippen LogP contribution in [0.1, 0.15) is 52.9 Å². The maximum Gasteiger partial charge on any atom is 0.104 e. The molecule has 0 spiro atoms. The summed E-state index contributed by atoms with van der Waals surface area (Å²) in [7, 11) is 0. The highest BCUT2D eigenvalue weighted by Gasteiger charge is 2.31. The zero-order chi connectivity index (χ0) is 14.1. The van der Waals surface area contributed by atoms with E-state index in [9.17, 15) is 5.26 Å². The van der Waals surface area contributed by atoms with Crippen molar-refractivity contribution in [3.05, 3.63) is 0 Å². The molecule has 4 nitrogen and oxygen atoms in total. The third kappa shape index (κ3) is 7.51. The summed E-state index contributed by atoms with van der Waals surface area (Å²) in [6, 6.07) is 2.98. The standard InChI is InChI=1S/C15H28N2O2/c1-4-18-11-13(2)19-10-6-5-9-15(3,12-16)17-14-7-8-14/h13-14,17H,4-11H2,1-3H3. The van der Waals surface area contributed by atoms with Gasteiger partial charge in [-0.2, -0.15) is 5.26 Å². The predicted octanol–water partition coefficient (Wildman–Crippen LogP) is 2.63. The number of nitrogens with zero attached hydrogens (tertiary/aromatic N) is 1. The van der Waals surface area contributed by atoms with Gasteiger partial charge in [0.1, 0.15) is 5.54 Å². The van der Waals surface area contributed by atoms with E-state index >= 15 is 0 Å². The molecule has 1 N–H and O–H groups in total. The predicted molar refractivity (Wildman–Crippen MR) is 75.9 cm³/mol. The van der Waals surface area contributed by atoms with Gasteiger partial charge in [0, 0.05) is 19.3 Å². The van der Waals surface area contributed by atoms with Crippen LogP contribution in [0.5, 0.6) is 0 Å². The molecule has 1 saturated carbocycles. The molecule has 0 saturated heterocycles. The molecule has 110 valence electrons. The van der Waals surface area contributed by atoms with E-state index in [-0.39, 0.29) is 11.6 Å². The van der Waals surface area contributed by atoms with Gasteiger partial charge in [-0.15, -0.1) is 0 Å². The van der Waals surface area contributed by atoms with Crippen molar-refractivity contribution in [2.24, 2.45) is 0 Å². The molecular weight excluding hydrogens is 240 g/mol. The van der Waals surface area contributed by atoms with E-state index in [4.69, 9.17) is 9.47 Å². The molecule has 0 radical (unpaired) electrons. The fourth-order valence-corrected chi connectivity index (χ4v) is 2.04. The first-order chi connectivity index (χ1) is 9.09. The van der Waals surface area contributed by atoms with Gasteiger partial charge in [0.2, 0.25) is 0 Å². The minimum absolute atomic E-state index is 0.159. The average molecular weight is 268 g/mol. The van der Waals surface area contributed by atoms with Gasteiger partial charge >= 0.3 is 0 Å². The Morgan fingerprint density at radius 2 is 2.16 bits per heavy atom. The molecular formula is C15H28N2O2. The van der Waals surface area contributed by atoms with Gasteiger partial charge in [-0.3, -0.25) is 5.32 Å². The minimum atomic E-state index is -0.363. The third-order valence-electron chi connectivity index (χ3n) is 3.38. The van der Waals surface area contributed by atoms with Crippen molar-refractivity contribution in [2.45, 2.75) is 70.6 Å². The summed E-state index contributed by atoms with van der Waals surface area (Å²) in [6.45, 7) is 8.17. The van der Waals surface area contributed by atoms with Crippen molar-refractivity contribution in [1.29, 1.82) is 5.26 Å². The average Bonchev–Trinajstić information content (AvgIpc) is 3.19. The molecule has 2 unspecified atom stereocenters. The van der Waals surface area contributed by atoms with E-state index in [1.807, 2.05) is 20.8 Å². The van der Waals surface area contributed by atoms with Crippen LogP contribution >= 0.6 is 0 Å². The molecule has 4 heteroatoms. The van der Waals surface area contributed by atoms with Crippen LogP contribution in [0.2, 0.25) is 0 Å². The molecule has 0 bridgehead atoms. The summed E-state index contributed by atoms with van der Waals surface area (Å²) < 4.78 is 11.0. The molecule has 0 aromatic heterocycles. The molecule has 0 aromatic carbocycles. The van der Waals surface area contributed by atoms with Gasteiger partial charge < -0.3 is 9.47 Å². The SMILES string of the molecule is CCOCC(C)OCCCCC(C)(C#N)NC1CC1. The topological polar surface area (TPSA) is 54.3 Å². The summed E-state index contributed by atoms with van der Waals surface area (Å²) in [6.07, 6.45) is 5.51.